The van der Waals surface area contributed by atoms with Gasteiger partial charge in [-0.1, -0.05) is 66.2 Å². The fourth-order valence-corrected chi connectivity index (χ4v) is 4.78. The van der Waals surface area contributed by atoms with Gasteiger partial charge in [-0.3, -0.25) is 9.52 Å². The molecule has 0 radical (unpaired) electrons. The van der Waals surface area contributed by atoms with E-state index in [0.717, 1.165) is 0 Å². The van der Waals surface area contributed by atoms with E-state index in [1.807, 2.05) is 6.07 Å². The fraction of sp³-hybridized carbons (Fsp3) is 0.125. The van der Waals surface area contributed by atoms with E-state index in [9.17, 15) is 13.2 Å². The lowest BCUT2D eigenvalue weighted by Gasteiger charge is -2.20. The van der Waals surface area contributed by atoms with Crippen LogP contribution in [0.4, 0.5) is 5.82 Å². The topological polar surface area (TPSA) is 110 Å². The summed E-state index contributed by atoms with van der Waals surface area (Å²) < 4.78 is 34.7. The van der Waals surface area contributed by atoms with Crippen LogP contribution in [-0.2, 0) is 14.8 Å². The van der Waals surface area contributed by atoms with Crippen LogP contribution in [0.1, 0.15) is 18.6 Å². The molecule has 34 heavy (non-hydrogen) atoms. The number of hydrogen-bond donors (Lipinski definition) is 2. The third-order valence-corrected chi connectivity index (χ3v) is 6.66. The predicted molar refractivity (Wildman–Crippen MR) is 130 cm³/mol. The summed E-state index contributed by atoms with van der Waals surface area (Å²) in [6, 6.07) is 21.8. The summed E-state index contributed by atoms with van der Waals surface area (Å²) in [5, 5.41) is 2.79. The summed E-state index contributed by atoms with van der Waals surface area (Å²) in [4.78, 5) is 21.6. The van der Waals surface area contributed by atoms with Gasteiger partial charge in [-0.25, -0.2) is 18.4 Å². The first kappa shape index (κ1) is 23.5. The quantitative estimate of drug-likeness (QED) is 0.375. The van der Waals surface area contributed by atoms with Crippen molar-refractivity contribution in [3.63, 3.8) is 0 Å². The van der Waals surface area contributed by atoms with Crippen LogP contribution in [0.2, 0.25) is 5.02 Å². The third-order valence-electron chi connectivity index (χ3n) is 4.82. The number of para-hydroxylation sites is 2. The molecular formula is C24H21ClN4O4S. The molecule has 0 saturated heterocycles. The number of likely N-dealkylation sites (N-methyl/N-ethyl adjacent to an activating group) is 1. The minimum Gasteiger partial charge on any atom is -0.457 e. The zero-order valence-corrected chi connectivity index (χ0v) is 19.7. The summed E-state index contributed by atoms with van der Waals surface area (Å²) in [5.74, 6) is -0.707. The molecule has 1 unspecified atom stereocenters. The molecule has 8 nitrogen and oxygen atoms in total. The van der Waals surface area contributed by atoms with E-state index in [1.165, 1.54) is 12.1 Å². The Labute approximate surface area is 202 Å². The van der Waals surface area contributed by atoms with E-state index in [-0.39, 0.29) is 21.6 Å². The van der Waals surface area contributed by atoms with Gasteiger partial charge in [0.1, 0.15) is 4.90 Å². The molecule has 0 saturated carbocycles. The Hall–Kier alpha value is -3.69. The number of rotatable bonds is 8. The van der Waals surface area contributed by atoms with Gasteiger partial charge in [0.2, 0.25) is 11.9 Å². The summed E-state index contributed by atoms with van der Waals surface area (Å²) >= 11 is 6.11. The van der Waals surface area contributed by atoms with E-state index in [1.54, 1.807) is 67.6 Å². The largest absolute Gasteiger partial charge is 0.457 e. The Kier molecular flexibility index (Phi) is 6.95. The number of nitrogens with zero attached hydrogens (tertiary/aromatic N) is 2. The number of hydrogen-bond acceptors (Lipinski definition) is 6. The molecule has 1 heterocycles. The number of aromatic nitrogens is 2. The van der Waals surface area contributed by atoms with Crippen LogP contribution in [0.25, 0.3) is 11.0 Å². The monoisotopic (exact) mass is 496 g/mol. The first-order valence-electron chi connectivity index (χ1n) is 10.4. The highest BCUT2D eigenvalue weighted by Gasteiger charge is 2.27. The van der Waals surface area contributed by atoms with Crippen LogP contribution in [0, 0.1) is 0 Å². The number of carbonyl (C=O) groups is 1. The van der Waals surface area contributed by atoms with Crippen LogP contribution in [0.15, 0.2) is 83.8 Å². The van der Waals surface area contributed by atoms with Gasteiger partial charge in [-0.2, -0.15) is 0 Å². The fourth-order valence-electron chi connectivity index (χ4n) is 3.26. The molecule has 0 bridgehead atoms. The average molecular weight is 497 g/mol. The van der Waals surface area contributed by atoms with Crippen molar-refractivity contribution in [2.75, 3.05) is 11.3 Å². The molecule has 1 atom stereocenters. The number of halogens is 1. The molecular weight excluding hydrogens is 476 g/mol. The number of fused-ring (bicyclic) bond motifs is 1. The van der Waals surface area contributed by atoms with E-state index >= 15 is 0 Å². The molecule has 0 aliphatic rings. The van der Waals surface area contributed by atoms with Crippen molar-refractivity contribution in [2.24, 2.45) is 0 Å². The van der Waals surface area contributed by atoms with Crippen molar-refractivity contribution in [2.45, 2.75) is 17.9 Å². The van der Waals surface area contributed by atoms with Gasteiger partial charge >= 0.3 is 0 Å². The van der Waals surface area contributed by atoms with Gasteiger partial charge in [-0.15, -0.1) is 0 Å². The molecule has 1 aromatic heterocycles. The molecule has 0 aliphatic heterocycles. The van der Waals surface area contributed by atoms with Crippen molar-refractivity contribution in [1.82, 2.24) is 15.3 Å². The molecule has 4 aromatic rings. The molecule has 1 amide bonds. The van der Waals surface area contributed by atoms with Crippen LogP contribution < -0.4 is 14.8 Å². The minimum atomic E-state index is -4.13. The second kappa shape index (κ2) is 10.1. The lowest BCUT2D eigenvalue weighted by molar-refractivity contribution is -0.128. The summed E-state index contributed by atoms with van der Waals surface area (Å²) in [7, 11) is -4.13. The van der Waals surface area contributed by atoms with Gasteiger partial charge in [0.15, 0.2) is 0 Å². The maximum atomic E-state index is 13.1. The van der Waals surface area contributed by atoms with E-state index in [0.29, 0.717) is 23.1 Å². The highest BCUT2D eigenvalue weighted by molar-refractivity contribution is 7.92. The Balaban J connectivity index is 1.80. The SMILES string of the molecule is CCNC(=O)C(Oc1nc2ccccc2nc1NS(=O)(=O)c1ccccc1Cl)c1ccccc1. The first-order chi connectivity index (χ1) is 16.4. The van der Waals surface area contributed by atoms with Crippen LogP contribution in [-0.4, -0.2) is 30.8 Å². The maximum absolute atomic E-state index is 13.1. The lowest BCUT2D eigenvalue weighted by atomic mass is 10.1. The van der Waals surface area contributed by atoms with Gasteiger partial charge in [0.05, 0.1) is 16.1 Å². The van der Waals surface area contributed by atoms with Crippen molar-refractivity contribution in [3.8, 4) is 5.88 Å². The molecule has 4 rings (SSSR count). The van der Waals surface area contributed by atoms with E-state index in [2.05, 4.69) is 20.0 Å². The summed E-state index contributed by atoms with van der Waals surface area (Å²) in [5.41, 5.74) is 1.49. The third kappa shape index (κ3) is 5.11. The zero-order chi connectivity index (χ0) is 24.1. The second-order valence-corrected chi connectivity index (χ2v) is 9.26. The lowest BCUT2D eigenvalue weighted by Crippen LogP contribution is -2.32. The van der Waals surface area contributed by atoms with Crippen molar-refractivity contribution in [3.05, 3.63) is 89.4 Å². The average Bonchev–Trinajstić information content (AvgIpc) is 2.83. The Morgan fingerprint density at radius 1 is 0.941 bits per heavy atom. The Morgan fingerprint density at radius 2 is 1.56 bits per heavy atom. The van der Waals surface area contributed by atoms with Gasteiger partial charge in [0.25, 0.3) is 21.8 Å². The van der Waals surface area contributed by atoms with Gasteiger partial charge in [-0.05, 0) is 31.2 Å². The zero-order valence-electron chi connectivity index (χ0n) is 18.1. The molecule has 3 aromatic carbocycles. The standard InChI is InChI=1S/C24H21ClN4O4S/c1-2-26-23(30)21(16-10-4-3-5-11-16)33-24-22(27-18-13-7-8-14-19(18)28-24)29-34(31,32)20-15-9-6-12-17(20)25/h3-15,21H,2H2,1H3,(H,26,30)(H,27,29). The summed E-state index contributed by atoms with van der Waals surface area (Å²) in [6.07, 6.45) is -1.08. The molecule has 2 N–H and O–H groups in total. The number of benzene rings is 3. The van der Waals surface area contributed by atoms with Crippen molar-refractivity contribution in [1.29, 1.82) is 0 Å². The summed E-state index contributed by atoms with van der Waals surface area (Å²) in [6.45, 7) is 2.18. The number of ether oxygens (including phenoxy) is 1. The highest BCUT2D eigenvalue weighted by atomic mass is 35.5. The number of anilines is 1. The minimum absolute atomic E-state index is 0.0516. The van der Waals surface area contributed by atoms with Crippen LogP contribution in [0.3, 0.4) is 0 Å². The molecule has 10 heteroatoms. The van der Waals surface area contributed by atoms with Crippen LogP contribution >= 0.6 is 11.6 Å². The Morgan fingerprint density at radius 3 is 2.24 bits per heavy atom. The molecule has 174 valence electrons. The smallest absolute Gasteiger partial charge is 0.265 e. The van der Waals surface area contributed by atoms with E-state index < -0.39 is 22.0 Å². The maximum Gasteiger partial charge on any atom is 0.265 e. The van der Waals surface area contributed by atoms with Crippen molar-refractivity contribution < 1.29 is 17.9 Å². The molecule has 0 fully saturated rings. The molecule has 0 aliphatic carbocycles. The van der Waals surface area contributed by atoms with Crippen molar-refractivity contribution >= 4 is 44.4 Å². The van der Waals surface area contributed by atoms with Gasteiger partial charge < -0.3 is 10.1 Å². The highest BCUT2D eigenvalue weighted by Crippen LogP contribution is 2.31. The number of carbonyl (C=O) groups excluding carboxylic acids is 1. The number of sulfonamides is 1. The normalized spacial score (nSPS) is 12.2. The van der Waals surface area contributed by atoms with Gasteiger partial charge in [0, 0.05) is 12.1 Å². The predicted octanol–water partition coefficient (Wildman–Crippen LogP) is 4.34. The number of amides is 1. The first-order valence-corrected chi connectivity index (χ1v) is 12.3. The Bertz CT molecular complexity index is 1430. The number of nitrogens with one attached hydrogen (secondary N) is 2. The van der Waals surface area contributed by atoms with Crippen LogP contribution in [0.5, 0.6) is 5.88 Å². The van der Waals surface area contributed by atoms with E-state index in [4.69, 9.17) is 16.3 Å². The second-order valence-electron chi connectivity index (χ2n) is 7.21. The molecule has 0 spiro atoms.